The third-order valence-corrected chi connectivity index (χ3v) is 3.14. The van der Waals surface area contributed by atoms with Crippen LogP contribution in [0.2, 0.25) is 0 Å². The number of hydrogen-bond donors (Lipinski definition) is 2. The Labute approximate surface area is 109 Å². The number of amides is 2. The lowest BCUT2D eigenvalue weighted by Crippen LogP contribution is -2.36. The first-order valence-corrected chi connectivity index (χ1v) is 6.20. The van der Waals surface area contributed by atoms with Crippen molar-refractivity contribution in [1.82, 2.24) is 5.32 Å². The zero-order valence-corrected chi connectivity index (χ0v) is 10.3. The second kappa shape index (κ2) is 5.50. The van der Waals surface area contributed by atoms with Gasteiger partial charge in [-0.05, 0) is 31.0 Å². The van der Waals surface area contributed by atoms with Crippen molar-refractivity contribution in [1.29, 1.82) is 0 Å². The lowest BCUT2D eigenvalue weighted by Gasteiger charge is -2.14. The smallest absolute Gasteiger partial charge is 0.335 e. The molecule has 0 bridgehead atoms. The van der Waals surface area contributed by atoms with Crippen LogP contribution in [0.25, 0.3) is 0 Å². The lowest BCUT2D eigenvalue weighted by atomic mass is 10.2. The molecule has 0 heterocycles. The van der Waals surface area contributed by atoms with Gasteiger partial charge in [0.15, 0.2) is 0 Å². The van der Waals surface area contributed by atoms with Gasteiger partial charge in [-0.25, -0.2) is 4.79 Å². The topological polar surface area (TPSA) is 41.1 Å². The fourth-order valence-corrected chi connectivity index (χ4v) is 2.20. The number of halogens is 3. The Morgan fingerprint density at radius 2 is 1.89 bits per heavy atom. The van der Waals surface area contributed by atoms with Crippen LogP contribution in [-0.2, 0) is 6.18 Å². The van der Waals surface area contributed by atoms with Crippen molar-refractivity contribution >= 4 is 11.7 Å². The van der Waals surface area contributed by atoms with Gasteiger partial charge < -0.3 is 10.6 Å². The summed E-state index contributed by atoms with van der Waals surface area (Å²) in [4.78, 5) is 11.6. The summed E-state index contributed by atoms with van der Waals surface area (Å²) in [6.45, 7) is 0. The predicted octanol–water partition coefficient (Wildman–Crippen LogP) is 3.77. The maximum atomic E-state index is 12.5. The average Bonchev–Trinajstić information content (AvgIpc) is 2.80. The normalized spacial score (nSPS) is 16.4. The molecule has 104 valence electrons. The summed E-state index contributed by atoms with van der Waals surface area (Å²) < 4.78 is 37.5. The minimum Gasteiger partial charge on any atom is -0.335 e. The highest BCUT2D eigenvalue weighted by atomic mass is 19.4. The SMILES string of the molecule is O=C(Nc1cccc(C(F)(F)F)c1)NC1CCCC1. The molecule has 1 aliphatic carbocycles. The Hall–Kier alpha value is -1.72. The Morgan fingerprint density at radius 3 is 2.53 bits per heavy atom. The second-order valence-corrected chi connectivity index (χ2v) is 4.66. The van der Waals surface area contributed by atoms with Crippen LogP contribution in [0.1, 0.15) is 31.2 Å². The molecule has 0 aliphatic heterocycles. The van der Waals surface area contributed by atoms with Gasteiger partial charge in [0.05, 0.1) is 5.56 Å². The molecule has 19 heavy (non-hydrogen) atoms. The number of carbonyl (C=O) groups is 1. The standard InChI is InChI=1S/C13H15F3N2O/c14-13(15,16)9-4-3-7-11(8-9)18-12(19)17-10-5-1-2-6-10/h3-4,7-8,10H,1-2,5-6H2,(H2,17,18,19). The number of anilines is 1. The lowest BCUT2D eigenvalue weighted by molar-refractivity contribution is -0.137. The van der Waals surface area contributed by atoms with Gasteiger partial charge in [0.2, 0.25) is 0 Å². The van der Waals surface area contributed by atoms with Crippen LogP contribution in [0.3, 0.4) is 0 Å². The van der Waals surface area contributed by atoms with E-state index in [4.69, 9.17) is 0 Å². The van der Waals surface area contributed by atoms with E-state index in [1.54, 1.807) is 0 Å². The summed E-state index contributed by atoms with van der Waals surface area (Å²) >= 11 is 0. The maximum Gasteiger partial charge on any atom is 0.416 e. The maximum absolute atomic E-state index is 12.5. The molecule has 0 radical (unpaired) electrons. The van der Waals surface area contributed by atoms with E-state index in [1.165, 1.54) is 12.1 Å². The van der Waals surface area contributed by atoms with E-state index in [1.807, 2.05) is 0 Å². The van der Waals surface area contributed by atoms with Gasteiger partial charge in [-0.15, -0.1) is 0 Å². The number of benzene rings is 1. The molecule has 2 N–H and O–H groups in total. The number of alkyl halides is 3. The molecule has 2 amide bonds. The molecular weight excluding hydrogens is 257 g/mol. The molecule has 2 rings (SSSR count). The Bertz CT molecular complexity index is 453. The number of hydrogen-bond acceptors (Lipinski definition) is 1. The molecule has 0 spiro atoms. The molecule has 1 aliphatic rings. The van der Waals surface area contributed by atoms with Gasteiger partial charge in [0.1, 0.15) is 0 Å². The minimum absolute atomic E-state index is 0.130. The van der Waals surface area contributed by atoms with Crippen LogP contribution in [0.15, 0.2) is 24.3 Å². The van der Waals surface area contributed by atoms with E-state index in [-0.39, 0.29) is 11.7 Å². The number of urea groups is 1. The number of rotatable bonds is 2. The summed E-state index contributed by atoms with van der Waals surface area (Å²) in [5.41, 5.74) is -0.628. The van der Waals surface area contributed by atoms with E-state index >= 15 is 0 Å². The van der Waals surface area contributed by atoms with E-state index < -0.39 is 17.8 Å². The van der Waals surface area contributed by atoms with Crippen molar-refractivity contribution in [2.75, 3.05) is 5.32 Å². The number of nitrogens with one attached hydrogen (secondary N) is 2. The minimum atomic E-state index is -4.40. The fraction of sp³-hybridized carbons (Fsp3) is 0.462. The van der Waals surface area contributed by atoms with Crippen molar-refractivity contribution in [3.8, 4) is 0 Å². The van der Waals surface area contributed by atoms with Crippen molar-refractivity contribution in [2.24, 2.45) is 0 Å². The molecule has 1 saturated carbocycles. The monoisotopic (exact) mass is 272 g/mol. The Morgan fingerprint density at radius 1 is 1.21 bits per heavy atom. The zero-order chi connectivity index (χ0) is 13.9. The molecule has 0 atom stereocenters. The summed E-state index contributed by atoms with van der Waals surface area (Å²) in [5.74, 6) is 0. The first-order chi connectivity index (χ1) is 8.95. The highest BCUT2D eigenvalue weighted by Crippen LogP contribution is 2.30. The molecule has 0 aromatic heterocycles. The zero-order valence-electron chi connectivity index (χ0n) is 10.3. The predicted molar refractivity (Wildman–Crippen MR) is 65.9 cm³/mol. The summed E-state index contributed by atoms with van der Waals surface area (Å²) in [6, 6.07) is 4.28. The number of carbonyl (C=O) groups excluding carboxylic acids is 1. The summed E-state index contributed by atoms with van der Waals surface area (Å²) in [5, 5.41) is 5.19. The van der Waals surface area contributed by atoms with Gasteiger partial charge >= 0.3 is 12.2 Å². The molecule has 1 fully saturated rings. The summed E-state index contributed by atoms with van der Waals surface area (Å²) in [7, 11) is 0. The van der Waals surface area contributed by atoms with Crippen LogP contribution in [-0.4, -0.2) is 12.1 Å². The Kier molecular flexibility index (Phi) is 3.97. The summed E-state index contributed by atoms with van der Waals surface area (Å²) in [6.07, 6.45) is -0.394. The second-order valence-electron chi connectivity index (χ2n) is 4.66. The highest BCUT2D eigenvalue weighted by molar-refractivity contribution is 5.89. The van der Waals surface area contributed by atoms with E-state index in [2.05, 4.69) is 10.6 Å². The quantitative estimate of drug-likeness (QED) is 0.845. The van der Waals surface area contributed by atoms with Crippen LogP contribution < -0.4 is 10.6 Å². The van der Waals surface area contributed by atoms with Crippen molar-refractivity contribution in [3.05, 3.63) is 29.8 Å². The first-order valence-electron chi connectivity index (χ1n) is 6.20. The molecular formula is C13H15F3N2O. The third-order valence-electron chi connectivity index (χ3n) is 3.14. The van der Waals surface area contributed by atoms with Gasteiger partial charge in [0, 0.05) is 11.7 Å². The Balaban J connectivity index is 1.96. The molecule has 0 unspecified atom stereocenters. The van der Waals surface area contributed by atoms with Gasteiger partial charge in [0.25, 0.3) is 0 Å². The van der Waals surface area contributed by atoms with E-state index in [0.29, 0.717) is 0 Å². The van der Waals surface area contributed by atoms with Gasteiger partial charge in [-0.2, -0.15) is 13.2 Å². The first kappa shape index (κ1) is 13.7. The van der Waals surface area contributed by atoms with Crippen LogP contribution in [0.4, 0.5) is 23.7 Å². The van der Waals surface area contributed by atoms with E-state index in [9.17, 15) is 18.0 Å². The molecule has 0 saturated heterocycles. The van der Waals surface area contributed by atoms with Gasteiger partial charge in [-0.1, -0.05) is 18.9 Å². The van der Waals surface area contributed by atoms with Gasteiger partial charge in [-0.3, -0.25) is 0 Å². The van der Waals surface area contributed by atoms with Crippen LogP contribution in [0.5, 0.6) is 0 Å². The molecule has 1 aromatic carbocycles. The average molecular weight is 272 g/mol. The van der Waals surface area contributed by atoms with Crippen LogP contribution >= 0.6 is 0 Å². The fourth-order valence-electron chi connectivity index (χ4n) is 2.20. The third kappa shape index (κ3) is 3.87. The van der Waals surface area contributed by atoms with Crippen molar-refractivity contribution in [2.45, 2.75) is 37.9 Å². The van der Waals surface area contributed by atoms with Crippen molar-refractivity contribution < 1.29 is 18.0 Å². The molecule has 3 nitrogen and oxygen atoms in total. The highest BCUT2D eigenvalue weighted by Gasteiger charge is 2.30. The van der Waals surface area contributed by atoms with Crippen molar-refractivity contribution in [3.63, 3.8) is 0 Å². The largest absolute Gasteiger partial charge is 0.416 e. The van der Waals surface area contributed by atoms with Crippen LogP contribution in [0, 0.1) is 0 Å². The van der Waals surface area contributed by atoms with E-state index in [0.717, 1.165) is 37.8 Å². The molecule has 6 heteroatoms. The molecule has 1 aromatic rings.